The lowest BCUT2D eigenvalue weighted by molar-refractivity contribution is -0.135. The fraction of sp³-hybridized carbons (Fsp3) is 0.465. The molecule has 1 unspecified atom stereocenters. The van der Waals surface area contributed by atoms with E-state index >= 15 is 0 Å². The minimum Gasteiger partial charge on any atom is -0.453 e. The Kier molecular flexibility index (Phi) is 12.5. The van der Waals surface area contributed by atoms with Crippen LogP contribution in [0, 0.1) is 11.8 Å². The van der Waals surface area contributed by atoms with Crippen LogP contribution in [0.3, 0.4) is 0 Å². The van der Waals surface area contributed by atoms with Crippen LogP contribution in [0.15, 0.2) is 76.4 Å². The first-order valence-corrected chi connectivity index (χ1v) is 19.6. The number of allylic oxidation sites excluding steroid dienone is 4. The first-order valence-electron chi connectivity index (χ1n) is 19.3. The summed E-state index contributed by atoms with van der Waals surface area (Å²) in [6, 6.07) is 15.4. The number of carbonyl (C=O) groups is 4. The molecule has 3 aliphatic heterocycles. The first-order chi connectivity index (χ1) is 26.4. The van der Waals surface area contributed by atoms with E-state index in [1.807, 2.05) is 49.8 Å². The number of alkyl carbamates (subject to hydrolysis) is 2. The molecule has 2 saturated heterocycles. The number of hydrogen-bond acceptors (Lipinski definition) is 7. The summed E-state index contributed by atoms with van der Waals surface area (Å²) in [4.78, 5) is 59.7. The van der Waals surface area contributed by atoms with Gasteiger partial charge in [-0.2, -0.15) is 0 Å². The topological polar surface area (TPSA) is 130 Å². The molecule has 4 atom stereocenters. The third kappa shape index (κ3) is 8.67. The van der Waals surface area contributed by atoms with Crippen LogP contribution in [-0.2, 0) is 19.1 Å². The van der Waals surface area contributed by atoms with Gasteiger partial charge in [-0.1, -0.05) is 87.8 Å². The van der Waals surface area contributed by atoms with Crippen molar-refractivity contribution in [2.45, 2.75) is 90.4 Å². The Bertz CT molecular complexity index is 1920. The summed E-state index contributed by atoms with van der Waals surface area (Å²) in [6.07, 6.45) is 7.50. The van der Waals surface area contributed by atoms with E-state index in [0.29, 0.717) is 31.0 Å². The lowest BCUT2D eigenvalue weighted by atomic mass is 9.94. The summed E-state index contributed by atoms with van der Waals surface area (Å²) in [5, 5.41) is 6.12. The second-order valence-electron chi connectivity index (χ2n) is 15.4. The van der Waals surface area contributed by atoms with Crippen LogP contribution in [0.1, 0.15) is 77.3 Å². The summed E-state index contributed by atoms with van der Waals surface area (Å²) >= 11 is 6.85. The predicted octanol–water partition coefficient (Wildman–Crippen LogP) is 7.56. The van der Waals surface area contributed by atoms with Crippen molar-refractivity contribution < 1.29 is 28.7 Å². The lowest BCUT2D eigenvalue weighted by Crippen LogP contribution is -2.53. The van der Waals surface area contributed by atoms with Crippen molar-refractivity contribution in [3.05, 3.63) is 82.5 Å². The molecule has 0 bridgehead atoms. The van der Waals surface area contributed by atoms with Gasteiger partial charge in [0.2, 0.25) is 11.8 Å². The molecular weight excluding hydrogens is 718 g/mol. The van der Waals surface area contributed by atoms with Gasteiger partial charge in [0, 0.05) is 36.5 Å². The second kappa shape index (κ2) is 17.3. The summed E-state index contributed by atoms with van der Waals surface area (Å²) in [5.74, 6) is -0.372. The normalized spacial score (nSPS) is 20.7. The maximum Gasteiger partial charge on any atom is 0.407 e. The minimum atomic E-state index is -0.665. The zero-order chi connectivity index (χ0) is 39.4. The Hall–Kier alpha value is -4.90. The summed E-state index contributed by atoms with van der Waals surface area (Å²) in [5.41, 5.74) is 8.54. The predicted molar refractivity (Wildman–Crippen MR) is 215 cm³/mol. The Morgan fingerprint density at radius 3 is 1.69 bits per heavy atom. The molecule has 6 rings (SSSR count). The van der Waals surface area contributed by atoms with E-state index in [-0.39, 0.29) is 35.7 Å². The zero-order valence-corrected chi connectivity index (χ0v) is 33.3. The number of likely N-dealkylation sites (tertiary alicyclic amines) is 2. The molecule has 2 fully saturated rings. The number of halogens is 1. The molecule has 3 heterocycles. The van der Waals surface area contributed by atoms with Crippen LogP contribution in [0.2, 0.25) is 0 Å². The van der Waals surface area contributed by atoms with Gasteiger partial charge in [0.1, 0.15) is 12.1 Å². The molecule has 55 heavy (non-hydrogen) atoms. The standard InChI is InChI=1S/C43H52ClN5O6/c1-25(2)38(46-42(52)54-5)40(50)48-19-7-9-36(48)31-21-33(34(44)22-31)30-17-15-28(16-18-30)27-11-13-29(14-12-27)32-23-35(45-24-32)37-10-8-20-49(37)41(51)39(26(3)4)47-43(53)55-6/h11-18,22,24-26,36-39H,7-10,19-21,23H2,1-6H3,(H,46,52)(H,47,53)/t36?,37-,38-,39-/m0/s1. The minimum absolute atomic E-state index is 0.0687. The molecule has 1 aliphatic carbocycles. The molecule has 2 aromatic rings. The Labute approximate surface area is 328 Å². The van der Waals surface area contributed by atoms with Gasteiger partial charge in [-0.05, 0) is 89.0 Å². The van der Waals surface area contributed by atoms with Crippen molar-refractivity contribution in [3.8, 4) is 11.1 Å². The highest BCUT2D eigenvalue weighted by molar-refractivity contribution is 6.35. The number of nitrogens with zero attached hydrogens (tertiary/aromatic N) is 3. The summed E-state index contributed by atoms with van der Waals surface area (Å²) in [7, 11) is 2.60. The van der Waals surface area contributed by atoms with Crippen molar-refractivity contribution in [1.29, 1.82) is 0 Å². The highest BCUT2D eigenvalue weighted by Gasteiger charge is 2.40. The van der Waals surface area contributed by atoms with Crippen LogP contribution in [-0.4, -0.2) is 91.0 Å². The quantitative estimate of drug-likeness (QED) is 0.243. The largest absolute Gasteiger partial charge is 0.453 e. The second-order valence-corrected chi connectivity index (χ2v) is 15.8. The number of benzene rings is 2. The monoisotopic (exact) mass is 769 g/mol. The smallest absolute Gasteiger partial charge is 0.407 e. The molecule has 0 aromatic heterocycles. The fourth-order valence-electron chi connectivity index (χ4n) is 8.16. The molecule has 0 spiro atoms. The maximum atomic E-state index is 13.6. The summed E-state index contributed by atoms with van der Waals surface area (Å²) < 4.78 is 9.54. The van der Waals surface area contributed by atoms with Crippen molar-refractivity contribution in [1.82, 2.24) is 20.4 Å². The number of rotatable bonds is 11. The molecule has 0 radical (unpaired) electrons. The molecular formula is C43H52ClN5O6. The SMILES string of the molecule is COC(=O)N[C@H](C(=O)N1CCCC1C1=CC(Cl)=C(c2ccc(-c3ccc(C4=CN=C([C@@H]5CCCN5C(=O)[C@@H](NC(=O)OC)C(C)C)C4)cc3)cc2)C1)C(C)C. The molecule has 11 nitrogen and oxygen atoms in total. The van der Waals surface area contributed by atoms with Gasteiger partial charge in [-0.15, -0.1) is 0 Å². The van der Waals surface area contributed by atoms with E-state index in [4.69, 9.17) is 26.1 Å². The van der Waals surface area contributed by atoms with Gasteiger partial charge in [0.15, 0.2) is 0 Å². The van der Waals surface area contributed by atoms with E-state index in [0.717, 1.165) is 70.4 Å². The van der Waals surface area contributed by atoms with E-state index in [1.165, 1.54) is 14.2 Å². The van der Waals surface area contributed by atoms with E-state index < -0.39 is 24.3 Å². The Balaban J connectivity index is 1.06. The van der Waals surface area contributed by atoms with Gasteiger partial charge >= 0.3 is 12.2 Å². The van der Waals surface area contributed by atoms with Gasteiger partial charge in [0.05, 0.1) is 26.3 Å². The Morgan fingerprint density at radius 2 is 1.18 bits per heavy atom. The average Bonchev–Trinajstić information content (AvgIpc) is 4.02. The van der Waals surface area contributed by atoms with Gasteiger partial charge in [0.25, 0.3) is 0 Å². The number of nitrogens with one attached hydrogen (secondary N) is 2. The van der Waals surface area contributed by atoms with E-state index in [9.17, 15) is 19.2 Å². The highest BCUT2D eigenvalue weighted by Crippen LogP contribution is 2.41. The fourth-order valence-corrected chi connectivity index (χ4v) is 8.48. The van der Waals surface area contributed by atoms with Crippen molar-refractivity contribution in [3.63, 3.8) is 0 Å². The molecule has 2 N–H and O–H groups in total. The van der Waals surface area contributed by atoms with Crippen molar-refractivity contribution in [2.24, 2.45) is 16.8 Å². The Morgan fingerprint density at radius 1 is 0.709 bits per heavy atom. The number of methoxy groups -OCH3 is 2. The van der Waals surface area contributed by atoms with Crippen molar-refractivity contribution in [2.75, 3.05) is 27.3 Å². The van der Waals surface area contributed by atoms with Gasteiger partial charge in [-0.3, -0.25) is 14.6 Å². The number of carbonyl (C=O) groups excluding carboxylic acids is 4. The van der Waals surface area contributed by atoms with E-state index in [1.54, 1.807) is 0 Å². The third-order valence-electron chi connectivity index (χ3n) is 11.2. The van der Waals surface area contributed by atoms with Crippen LogP contribution in [0.5, 0.6) is 0 Å². The molecule has 292 valence electrons. The van der Waals surface area contributed by atoms with Crippen LogP contribution < -0.4 is 10.6 Å². The third-order valence-corrected chi connectivity index (χ3v) is 11.6. The van der Waals surface area contributed by atoms with Gasteiger partial charge < -0.3 is 29.9 Å². The number of amides is 4. The summed E-state index contributed by atoms with van der Waals surface area (Å²) in [6.45, 7) is 8.93. The number of aliphatic imine (C=N–C) groups is 1. The lowest BCUT2D eigenvalue weighted by Gasteiger charge is -2.31. The molecule has 0 saturated carbocycles. The molecule has 12 heteroatoms. The zero-order valence-electron chi connectivity index (χ0n) is 32.6. The van der Waals surface area contributed by atoms with Crippen LogP contribution in [0.25, 0.3) is 22.3 Å². The van der Waals surface area contributed by atoms with Crippen LogP contribution >= 0.6 is 11.6 Å². The van der Waals surface area contributed by atoms with Crippen molar-refractivity contribution >= 4 is 52.5 Å². The molecule has 4 aliphatic rings. The van der Waals surface area contributed by atoms with Gasteiger partial charge in [-0.25, -0.2) is 9.59 Å². The first kappa shape index (κ1) is 39.8. The average molecular weight is 770 g/mol. The molecule has 2 aromatic carbocycles. The number of hydrogen-bond donors (Lipinski definition) is 2. The van der Waals surface area contributed by atoms with Crippen LogP contribution in [0.4, 0.5) is 9.59 Å². The highest BCUT2D eigenvalue weighted by atomic mass is 35.5. The maximum absolute atomic E-state index is 13.6. The van der Waals surface area contributed by atoms with E-state index in [2.05, 4.69) is 59.2 Å². The number of ether oxygens (including phenoxy) is 2. The molecule has 4 amide bonds.